The molecule has 0 saturated carbocycles. The summed E-state index contributed by atoms with van der Waals surface area (Å²) in [5, 5.41) is 2.74. The molecule has 0 aliphatic heterocycles. The molecular formula is C12H18N2O2. The Morgan fingerprint density at radius 2 is 2.06 bits per heavy atom. The molecule has 4 heteroatoms. The number of hydrogen-bond donors (Lipinski definition) is 2. The van der Waals surface area contributed by atoms with Crippen LogP contribution < -0.4 is 11.1 Å². The number of nitrogens with one attached hydrogen (secondary N) is 1. The maximum Gasteiger partial charge on any atom is 0.407 e. The van der Waals surface area contributed by atoms with Crippen LogP contribution in [0.5, 0.6) is 0 Å². The average Bonchev–Trinajstić information content (AvgIpc) is 2.29. The van der Waals surface area contributed by atoms with Gasteiger partial charge in [0.05, 0.1) is 12.6 Å². The van der Waals surface area contributed by atoms with Crippen LogP contribution in [0.4, 0.5) is 4.79 Å². The number of rotatable bonds is 4. The van der Waals surface area contributed by atoms with Gasteiger partial charge in [0.25, 0.3) is 0 Å². The first kappa shape index (κ1) is 12.5. The minimum absolute atomic E-state index is 0.0640. The van der Waals surface area contributed by atoms with E-state index in [9.17, 15) is 4.79 Å². The van der Waals surface area contributed by atoms with Crippen LogP contribution in [0.1, 0.15) is 31.0 Å². The SMILES string of the molecule is CCOC(=O)NC(C)c1ccc(CN)cc1. The van der Waals surface area contributed by atoms with E-state index in [0.29, 0.717) is 13.2 Å². The standard InChI is InChI=1S/C12H18N2O2/c1-3-16-12(15)14-9(2)11-6-4-10(8-13)5-7-11/h4-7,9H,3,8,13H2,1-2H3,(H,14,15). The zero-order valence-electron chi connectivity index (χ0n) is 9.69. The number of ether oxygens (including phenoxy) is 1. The van der Waals surface area contributed by atoms with Gasteiger partial charge in [-0.3, -0.25) is 0 Å². The molecule has 0 spiro atoms. The zero-order valence-corrected chi connectivity index (χ0v) is 9.69. The lowest BCUT2D eigenvalue weighted by Crippen LogP contribution is -2.27. The topological polar surface area (TPSA) is 64.3 Å². The second-order valence-corrected chi connectivity index (χ2v) is 3.53. The summed E-state index contributed by atoms with van der Waals surface area (Å²) in [6.07, 6.45) is -0.391. The number of amides is 1. The highest BCUT2D eigenvalue weighted by Gasteiger charge is 2.09. The molecule has 0 aliphatic carbocycles. The van der Waals surface area contributed by atoms with Gasteiger partial charge in [-0.2, -0.15) is 0 Å². The molecule has 1 aromatic carbocycles. The van der Waals surface area contributed by atoms with Gasteiger partial charge in [0, 0.05) is 6.54 Å². The van der Waals surface area contributed by atoms with Crippen molar-refractivity contribution in [1.82, 2.24) is 5.32 Å². The fourth-order valence-electron chi connectivity index (χ4n) is 1.38. The van der Waals surface area contributed by atoms with Crippen molar-refractivity contribution in [3.05, 3.63) is 35.4 Å². The fourth-order valence-corrected chi connectivity index (χ4v) is 1.38. The summed E-state index contributed by atoms with van der Waals surface area (Å²) < 4.78 is 4.81. The van der Waals surface area contributed by atoms with Gasteiger partial charge in [-0.25, -0.2) is 4.79 Å². The minimum Gasteiger partial charge on any atom is -0.450 e. The van der Waals surface area contributed by atoms with E-state index in [4.69, 9.17) is 10.5 Å². The molecule has 4 nitrogen and oxygen atoms in total. The van der Waals surface area contributed by atoms with Crippen LogP contribution in [0.2, 0.25) is 0 Å². The zero-order chi connectivity index (χ0) is 12.0. The lowest BCUT2D eigenvalue weighted by Gasteiger charge is -2.14. The van der Waals surface area contributed by atoms with Crippen molar-refractivity contribution in [2.45, 2.75) is 26.4 Å². The van der Waals surface area contributed by atoms with E-state index in [2.05, 4.69) is 5.32 Å². The van der Waals surface area contributed by atoms with Crippen LogP contribution in [0.3, 0.4) is 0 Å². The fraction of sp³-hybridized carbons (Fsp3) is 0.417. The molecule has 0 fully saturated rings. The van der Waals surface area contributed by atoms with Crippen molar-refractivity contribution in [2.75, 3.05) is 6.61 Å². The first-order chi connectivity index (χ1) is 7.67. The molecule has 0 aromatic heterocycles. The van der Waals surface area contributed by atoms with Crippen molar-refractivity contribution >= 4 is 6.09 Å². The Morgan fingerprint density at radius 1 is 1.44 bits per heavy atom. The third-order valence-corrected chi connectivity index (χ3v) is 2.33. The summed E-state index contributed by atoms with van der Waals surface area (Å²) in [6.45, 7) is 4.60. The van der Waals surface area contributed by atoms with Crippen molar-refractivity contribution in [3.8, 4) is 0 Å². The maximum absolute atomic E-state index is 11.2. The first-order valence-corrected chi connectivity index (χ1v) is 5.39. The predicted molar refractivity (Wildman–Crippen MR) is 62.9 cm³/mol. The largest absolute Gasteiger partial charge is 0.450 e. The van der Waals surface area contributed by atoms with E-state index in [1.807, 2.05) is 31.2 Å². The normalized spacial score (nSPS) is 11.9. The highest BCUT2D eigenvalue weighted by molar-refractivity contribution is 5.67. The van der Waals surface area contributed by atoms with Gasteiger partial charge in [-0.1, -0.05) is 24.3 Å². The lowest BCUT2D eigenvalue weighted by atomic mass is 10.1. The number of benzene rings is 1. The lowest BCUT2D eigenvalue weighted by molar-refractivity contribution is 0.149. The number of nitrogens with two attached hydrogens (primary N) is 1. The monoisotopic (exact) mass is 222 g/mol. The van der Waals surface area contributed by atoms with Gasteiger partial charge in [-0.05, 0) is 25.0 Å². The van der Waals surface area contributed by atoms with E-state index in [-0.39, 0.29) is 6.04 Å². The number of alkyl carbamates (subject to hydrolysis) is 1. The van der Waals surface area contributed by atoms with Crippen molar-refractivity contribution in [3.63, 3.8) is 0 Å². The molecule has 1 atom stereocenters. The molecule has 0 bridgehead atoms. The van der Waals surface area contributed by atoms with Crippen LogP contribution in [-0.4, -0.2) is 12.7 Å². The second-order valence-electron chi connectivity index (χ2n) is 3.53. The molecule has 0 aliphatic rings. The van der Waals surface area contributed by atoms with Crippen molar-refractivity contribution < 1.29 is 9.53 Å². The molecule has 0 heterocycles. The van der Waals surface area contributed by atoms with Gasteiger partial charge in [0.15, 0.2) is 0 Å². The molecule has 1 rings (SSSR count). The Balaban J connectivity index is 2.58. The van der Waals surface area contributed by atoms with Gasteiger partial charge in [0.1, 0.15) is 0 Å². The van der Waals surface area contributed by atoms with Crippen molar-refractivity contribution in [2.24, 2.45) is 5.73 Å². The van der Waals surface area contributed by atoms with E-state index >= 15 is 0 Å². The number of hydrogen-bond acceptors (Lipinski definition) is 3. The molecule has 0 saturated heterocycles. The van der Waals surface area contributed by atoms with E-state index in [0.717, 1.165) is 11.1 Å². The summed E-state index contributed by atoms with van der Waals surface area (Å²) in [5.41, 5.74) is 7.62. The molecule has 88 valence electrons. The quantitative estimate of drug-likeness (QED) is 0.818. The molecule has 3 N–H and O–H groups in total. The van der Waals surface area contributed by atoms with Crippen LogP contribution in [0, 0.1) is 0 Å². The molecule has 1 amide bonds. The van der Waals surface area contributed by atoms with Crippen LogP contribution >= 0.6 is 0 Å². The van der Waals surface area contributed by atoms with Gasteiger partial charge < -0.3 is 15.8 Å². The van der Waals surface area contributed by atoms with Crippen LogP contribution in [0.15, 0.2) is 24.3 Å². The Labute approximate surface area is 95.8 Å². The Bertz CT molecular complexity index is 335. The summed E-state index contributed by atoms with van der Waals surface area (Å²) >= 11 is 0. The van der Waals surface area contributed by atoms with Crippen LogP contribution in [0.25, 0.3) is 0 Å². The third kappa shape index (κ3) is 3.55. The van der Waals surface area contributed by atoms with E-state index in [1.165, 1.54) is 0 Å². The third-order valence-electron chi connectivity index (χ3n) is 2.33. The molecular weight excluding hydrogens is 204 g/mol. The summed E-state index contributed by atoms with van der Waals surface area (Å²) in [5.74, 6) is 0. The summed E-state index contributed by atoms with van der Waals surface area (Å²) in [7, 11) is 0. The average molecular weight is 222 g/mol. The first-order valence-electron chi connectivity index (χ1n) is 5.39. The minimum atomic E-state index is -0.391. The summed E-state index contributed by atoms with van der Waals surface area (Å²) in [6, 6.07) is 7.76. The summed E-state index contributed by atoms with van der Waals surface area (Å²) in [4.78, 5) is 11.2. The van der Waals surface area contributed by atoms with Gasteiger partial charge >= 0.3 is 6.09 Å². The molecule has 16 heavy (non-hydrogen) atoms. The molecule has 0 radical (unpaired) electrons. The van der Waals surface area contributed by atoms with Crippen molar-refractivity contribution in [1.29, 1.82) is 0 Å². The molecule has 1 unspecified atom stereocenters. The highest BCUT2D eigenvalue weighted by Crippen LogP contribution is 2.13. The van der Waals surface area contributed by atoms with Gasteiger partial charge in [-0.15, -0.1) is 0 Å². The number of carbonyl (C=O) groups is 1. The Hall–Kier alpha value is -1.55. The van der Waals surface area contributed by atoms with E-state index < -0.39 is 6.09 Å². The van der Waals surface area contributed by atoms with Crippen LogP contribution in [-0.2, 0) is 11.3 Å². The highest BCUT2D eigenvalue weighted by atomic mass is 16.5. The Kier molecular flexibility index (Phi) is 4.79. The maximum atomic E-state index is 11.2. The van der Waals surface area contributed by atoms with Gasteiger partial charge in [0.2, 0.25) is 0 Å². The molecule has 1 aromatic rings. The smallest absolute Gasteiger partial charge is 0.407 e. The predicted octanol–water partition coefficient (Wildman–Crippen LogP) is 1.95. The number of carbonyl (C=O) groups excluding carboxylic acids is 1. The Morgan fingerprint density at radius 3 is 2.56 bits per heavy atom. The van der Waals surface area contributed by atoms with E-state index in [1.54, 1.807) is 6.92 Å². The second kappa shape index (κ2) is 6.12.